The predicted molar refractivity (Wildman–Crippen MR) is 111 cm³/mol. The van der Waals surface area contributed by atoms with Crippen LogP contribution >= 0.6 is 11.8 Å². The minimum atomic E-state index is -0.533. The molecule has 0 radical (unpaired) electrons. The molecule has 1 N–H and O–H groups in total. The molecule has 0 aromatic heterocycles. The van der Waals surface area contributed by atoms with Crippen LogP contribution in [0.2, 0.25) is 0 Å². The molecule has 1 aromatic carbocycles. The van der Waals surface area contributed by atoms with Crippen LogP contribution in [0, 0.1) is 0 Å². The van der Waals surface area contributed by atoms with Gasteiger partial charge in [-0.05, 0) is 51.3 Å². The van der Waals surface area contributed by atoms with E-state index in [-0.39, 0.29) is 17.2 Å². The predicted octanol–water partition coefficient (Wildman–Crippen LogP) is 3.23. The lowest BCUT2D eigenvalue weighted by Gasteiger charge is -2.24. The topological polar surface area (TPSA) is 94.2 Å². The first-order chi connectivity index (χ1) is 13.6. The molecule has 2 rings (SSSR count). The van der Waals surface area contributed by atoms with Gasteiger partial charge in [0.15, 0.2) is 11.5 Å². The molecule has 160 valence electrons. The second-order valence-corrected chi connectivity index (χ2v) is 8.85. The van der Waals surface area contributed by atoms with Crippen LogP contribution in [0.4, 0.5) is 9.59 Å². The van der Waals surface area contributed by atoms with Crippen LogP contribution in [0.25, 0.3) is 0 Å². The van der Waals surface area contributed by atoms with Gasteiger partial charge in [-0.25, -0.2) is 4.79 Å². The molecule has 1 heterocycles. The van der Waals surface area contributed by atoms with Gasteiger partial charge in [0.2, 0.25) is 5.91 Å². The Morgan fingerprint density at radius 3 is 2.55 bits per heavy atom. The molecule has 3 amide bonds. The zero-order chi connectivity index (χ0) is 21.6. The number of methoxy groups -OCH3 is 1. The van der Waals surface area contributed by atoms with Crippen molar-refractivity contribution in [3.63, 3.8) is 0 Å². The van der Waals surface area contributed by atoms with Crippen molar-refractivity contribution in [3.05, 3.63) is 23.8 Å². The van der Waals surface area contributed by atoms with Crippen molar-refractivity contribution < 1.29 is 28.6 Å². The third-order valence-corrected chi connectivity index (χ3v) is 5.00. The smallest absolute Gasteiger partial charge is 0.410 e. The number of carbonyl (C=O) groups is 3. The molecular formula is C20H28N2O6S. The van der Waals surface area contributed by atoms with Crippen molar-refractivity contribution in [2.45, 2.75) is 44.5 Å². The van der Waals surface area contributed by atoms with Gasteiger partial charge in [0, 0.05) is 13.6 Å². The number of rotatable bonds is 8. The van der Waals surface area contributed by atoms with Gasteiger partial charge in [0.25, 0.3) is 5.24 Å². The Labute approximate surface area is 175 Å². The Kier molecular flexibility index (Phi) is 7.78. The number of nitrogens with zero attached hydrogens (tertiary/aromatic N) is 1. The number of ether oxygens (including phenoxy) is 3. The van der Waals surface area contributed by atoms with Gasteiger partial charge in [-0.15, -0.1) is 0 Å². The fraction of sp³-hybridized carbons (Fsp3) is 0.550. The van der Waals surface area contributed by atoms with Gasteiger partial charge >= 0.3 is 6.09 Å². The Bertz CT molecular complexity index is 762. The van der Waals surface area contributed by atoms with Crippen LogP contribution in [-0.4, -0.2) is 60.3 Å². The molecule has 1 saturated heterocycles. The lowest BCUT2D eigenvalue weighted by molar-refractivity contribution is -0.118. The largest absolute Gasteiger partial charge is 0.493 e. The summed E-state index contributed by atoms with van der Waals surface area (Å²) in [5, 5.41) is 1.53. The normalized spacial score (nSPS) is 16.4. The van der Waals surface area contributed by atoms with Crippen LogP contribution in [0.1, 0.15) is 32.8 Å². The molecule has 0 bridgehead atoms. The van der Waals surface area contributed by atoms with Crippen LogP contribution < -0.4 is 14.8 Å². The van der Waals surface area contributed by atoms with Crippen molar-refractivity contribution in [1.82, 2.24) is 10.2 Å². The van der Waals surface area contributed by atoms with Gasteiger partial charge in [0.1, 0.15) is 5.60 Å². The molecule has 1 aliphatic rings. The second kappa shape index (κ2) is 9.87. The number of amides is 3. The number of thioether (sulfide) groups is 1. The summed E-state index contributed by atoms with van der Waals surface area (Å²) in [6.45, 7) is 6.34. The first kappa shape index (κ1) is 22.9. The molecule has 1 atom stereocenters. The number of benzene rings is 1. The molecule has 0 aliphatic carbocycles. The fourth-order valence-corrected chi connectivity index (χ4v) is 3.48. The van der Waals surface area contributed by atoms with E-state index in [9.17, 15) is 14.4 Å². The number of hydrogen-bond acceptors (Lipinski definition) is 7. The van der Waals surface area contributed by atoms with E-state index in [1.807, 2.05) is 32.9 Å². The highest BCUT2D eigenvalue weighted by Gasteiger charge is 2.31. The van der Waals surface area contributed by atoms with E-state index in [1.54, 1.807) is 20.2 Å². The van der Waals surface area contributed by atoms with E-state index in [0.717, 1.165) is 17.3 Å². The van der Waals surface area contributed by atoms with E-state index in [2.05, 4.69) is 5.32 Å². The highest BCUT2D eigenvalue weighted by molar-refractivity contribution is 8.15. The monoisotopic (exact) mass is 424 g/mol. The fourth-order valence-electron chi connectivity index (χ4n) is 2.62. The van der Waals surface area contributed by atoms with Gasteiger partial charge in [-0.2, -0.15) is 0 Å². The summed E-state index contributed by atoms with van der Waals surface area (Å²) in [6.07, 6.45) is 0.654. The van der Waals surface area contributed by atoms with Crippen molar-refractivity contribution in [3.8, 4) is 11.5 Å². The van der Waals surface area contributed by atoms with Crippen molar-refractivity contribution in [2.75, 3.05) is 27.3 Å². The van der Waals surface area contributed by atoms with E-state index < -0.39 is 10.9 Å². The van der Waals surface area contributed by atoms with Crippen LogP contribution in [-0.2, 0) is 16.0 Å². The maximum Gasteiger partial charge on any atom is 0.410 e. The zero-order valence-corrected chi connectivity index (χ0v) is 18.3. The Morgan fingerprint density at radius 2 is 1.97 bits per heavy atom. The van der Waals surface area contributed by atoms with E-state index in [0.29, 0.717) is 37.5 Å². The Morgan fingerprint density at radius 1 is 1.24 bits per heavy atom. The van der Waals surface area contributed by atoms with Crippen molar-refractivity contribution >= 4 is 29.0 Å². The quantitative estimate of drug-likeness (QED) is 0.640. The summed E-state index contributed by atoms with van der Waals surface area (Å²) in [5.41, 5.74) is 0.336. The number of carbonyl (C=O) groups excluding carboxylic acids is 3. The van der Waals surface area contributed by atoms with Gasteiger partial charge in [-0.1, -0.05) is 17.8 Å². The molecule has 1 unspecified atom stereocenters. The van der Waals surface area contributed by atoms with Crippen molar-refractivity contribution in [1.29, 1.82) is 0 Å². The lowest BCUT2D eigenvalue weighted by Crippen LogP contribution is -2.35. The summed E-state index contributed by atoms with van der Waals surface area (Å²) >= 11 is 0.994. The first-order valence-corrected chi connectivity index (χ1v) is 10.2. The third-order valence-electron chi connectivity index (χ3n) is 4.02. The van der Waals surface area contributed by atoms with E-state index >= 15 is 0 Å². The molecule has 29 heavy (non-hydrogen) atoms. The molecule has 9 heteroatoms. The molecule has 0 spiro atoms. The highest BCUT2D eigenvalue weighted by Crippen LogP contribution is 2.31. The summed E-state index contributed by atoms with van der Waals surface area (Å²) in [5.74, 6) is 0.858. The SMILES string of the molecule is COc1ccc(CC2SC(=O)NC2=O)cc1OCCCN(C)C(=O)OC(C)(C)C. The van der Waals surface area contributed by atoms with Crippen LogP contribution in [0.5, 0.6) is 11.5 Å². The molecular weight excluding hydrogens is 396 g/mol. The summed E-state index contributed by atoms with van der Waals surface area (Å²) in [4.78, 5) is 36.6. The van der Waals surface area contributed by atoms with Gasteiger partial charge < -0.3 is 19.1 Å². The average Bonchev–Trinajstić information content (AvgIpc) is 2.94. The van der Waals surface area contributed by atoms with Crippen molar-refractivity contribution in [2.24, 2.45) is 0 Å². The molecule has 0 saturated carbocycles. The molecule has 1 fully saturated rings. The second-order valence-electron chi connectivity index (χ2n) is 7.68. The maximum absolute atomic E-state index is 12.0. The third kappa shape index (κ3) is 7.16. The highest BCUT2D eigenvalue weighted by atomic mass is 32.2. The molecule has 1 aromatic rings. The van der Waals surface area contributed by atoms with E-state index in [1.165, 1.54) is 4.90 Å². The summed E-state index contributed by atoms with van der Waals surface area (Å²) in [7, 11) is 3.23. The van der Waals surface area contributed by atoms with E-state index in [4.69, 9.17) is 14.2 Å². The van der Waals surface area contributed by atoms with Gasteiger partial charge in [0.05, 0.1) is 19.0 Å². The van der Waals surface area contributed by atoms with Crippen LogP contribution in [0.3, 0.4) is 0 Å². The van der Waals surface area contributed by atoms with Crippen LogP contribution in [0.15, 0.2) is 18.2 Å². The average molecular weight is 425 g/mol. The molecule has 8 nitrogen and oxygen atoms in total. The minimum absolute atomic E-state index is 0.275. The number of hydrogen-bond donors (Lipinski definition) is 1. The minimum Gasteiger partial charge on any atom is -0.493 e. The number of nitrogens with one attached hydrogen (secondary N) is 1. The standard InChI is InChI=1S/C20H28N2O6S/c1-20(2,3)28-19(25)22(4)9-6-10-27-15-11-13(7-8-14(15)26-5)12-16-17(23)21-18(24)29-16/h7-8,11,16H,6,9-10,12H2,1-5H3,(H,21,23,24). The number of imide groups is 1. The van der Waals surface area contributed by atoms with Gasteiger partial charge in [-0.3, -0.25) is 14.9 Å². The maximum atomic E-state index is 12.0. The first-order valence-electron chi connectivity index (χ1n) is 9.34. The summed E-state index contributed by atoms with van der Waals surface area (Å²) in [6, 6.07) is 5.43. The zero-order valence-electron chi connectivity index (χ0n) is 17.4. The molecule has 1 aliphatic heterocycles. The lowest BCUT2D eigenvalue weighted by atomic mass is 10.1. The Hall–Kier alpha value is -2.42. The summed E-state index contributed by atoms with van der Waals surface area (Å²) < 4.78 is 16.5. The Balaban J connectivity index is 1.88.